The normalized spacial score (nSPS) is 34.2. The summed E-state index contributed by atoms with van der Waals surface area (Å²) in [5.41, 5.74) is 2.43. The van der Waals surface area contributed by atoms with E-state index < -0.39 is 5.60 Å². The number of rotatable bonds is 0. The first kappa shape index (κ1) is 7.74. The van der Waals surface area contributed by atoms with E-state index in [-0.39, 0.29) is 5.78 Å². The van der Waals surface area contributed by atoms with Gasteiger partial charge < -0.3 is 4.74 Å². The van der Waals surface area contributed by atoms with Gasteiger partial charge in [-0.2, -0.15) is 0 Å². The SMILES string of the molecule is CC1=CC(C)=C(C)C(=O)C12CO2. The molecule has 64 valence electrons. The molecule has 12 heavy (non-hydrogen) atoms. The monoisotopic (exact) mass is 164 g/mol. The first-order valence-corrected chi connectivity index (χ1v) is 4.13. The molecule has 2 aliphatic rings. The summed E-state index contributed by atoms with van der Waals surface area (Å²) in [6, 6.07) is 0. The second kappa shape index (κ2) is 2.07. The average Bonchev–Trinajstić information content (AvgIpc) is 2.79. The fourth-order valence-electron chi connectivity index (χ4n) is 1.64. The summed E-state index contributed by atoms with van der Waals surface area (Å²) >= 11 is 0. The van der Waals surface area contributed by atoms with Gasteiger partial charge >= 0.3 is 0 Å². The number of allylic oxidation sites excluding steroid dienone is 2. The van der Waals surface area contributed by atoms with Gasteiger partial charge in [-0.15, -0.1) is 0 Å². The Morgan fingerprint density at radius 1 is 1.42 bits per heavy atom. The number of carbonyl (C=O) groups excluding carboxylic acids is 1. The number of carbonyl (C=O) groups is 1. The van der Waals surface area contributed by atoms with Crippen LogP contribution in [0.4, 0.5) is 0 Å². The molecule has 0 N–H and O–H groups in total. The maximum atomic E-state index is 11.7. The van der Waals surface area contributed by atoms with Crippen LogP contribution >= 0.6 is 0 Å². The molecule has 2 nitrogen and oxygen atoms in total. The number of hydrogen-bond donors (Lipinski definition) is 0. The lowest BCUT2D eigenvalue weighted by Crippen LogP contribution is -2.30. The largest absolute Gasteiger partial charge is 0.356 e. The van der Waals surface area contributed by atoms with Crippen LogP contribution in [0.1, 0.15) is 20.8 Å². The molecule has 1 unspecified atom stereocenters. The van der Waals surface area contributed by atoms with E-state index in [0.29, 0.717) is 6.61 Å². The predicted molar refractivity (Wildman–Crippen MR) is 45.8 cm³/mol. The van der Waals surface area contributed by atoms with Crippen molar-refractivity contribution in [3.63, 3.8) is 0 Å². The lowest BCUT2D eigenvalue weighted by atomic mass is 9.84. The van der Waals surface area contributed by atoms with E-state index in [1.165, 1.54) is 0 Å². The number of ketones is 1. The lowest BCUT2D eigenvalue weighted by Gasteiger charge is -2.18. The zero-order valence-corrected chi connectivity index (χ0v) is 7.60. The van der Waals surface area contributed by atoms with Crippen molar-refractivity contribution in [1.29, 1.82) is 0 Å². The summed E-state index contributed by atoms with van der Waals surface area (Å²) in [7, 11) is 0. The first-order valence-electron chi connectivity index (χ1n) is 4.13. The van der Waals surface area contributed by atoms with Crippen molar-refractivity contribution in [2.24, 2.45) is 0 Å². The number of epoxide rings is 1. The summed E-state index contributed by atoms with van der Waals surface area (Å²) in [5.74, 6) is 0.153. The topological polar surface area (TPSA) is 29.6 Å². The van der Waals surface area contributed by atoms with Gasteiger partial charge in [-0.05, 0) is 37.5 Å². The third kappa shape index (κ3) is 0.758. The van der Waals surface area contributed by atoms with Crippen molar-refractivity contribution >= 4 is 5.78 Å². The van der Waals surface area contributed by atoms with Gasteiger partial charge in [0.2, 0.25) is 0 Å². The van der Waals surface area contributed by atoms with E-state index in [4.69, 9.17) is 4.74 Å². The van der Waals surface area contributed by atoms with Crippen LogP contribution in [-0.2, 0) is 9.53 Å². The molecule has 1 fully saturated rings. The van der Waals surface area contributed by atoms with Gasteiger partial charge in [0.1, 0.15) is 0 Å². The van der Waals surface area contributed by atoms with Crippen LogP contribution in [0, 0.1) is 0 Å². The Morgan fingerprint density at radius 2 is 2.00 bits per heavy atom. The van der Waals surface area contributed by atoms with E-state index in [1.807, 2.05) is 26.8 Å². The Morgan fingerprint density at radius 3 is 2.50 bits per heavy atom. The third-order valence-corrected chi connectivity index (χ3v) is 2.80. The maximum Gasteiger partial charge on any atom is 0.197 e. The molecule has 1 spiro atoms. The minimum absolute atomic E-state index is 0.153. The summed E-state index contributed by atoms with van der Waals surface area (Å²) in [6.45, 7) is 6.36. The fraction of sp³-hybridized carbons (Fsp3) is 0.500. The first-order chi connectivity index (χ1) is 5.58. The Bertz CT molecular complexity index is 313. The van der Waals surface area contributed by atoms with Crippen molar-refractivity contribution in [2.45, 2.75) is 26.4 Å². The quantitative estimate of drug-likeness (QED) is 0.509. The number of Topliss-reactive ketones (excluding diaryl/α,β-unsaturated/α-hetero) is 1. The van der Waals surface area contributed by atoms with Crippen molar-refractivity contribution < 1.29 is 9.53 Å². The average molecular weight is 164 g/mol. The Hall–Kier alpha value is -0.890. The van der Waals surface area contributed by atoms with Gasteiger partial charge in [-0.1, -0.05) is 6.08 Å². The van der Waals surface area contributed by atoms with Crippen LogP contribution in [0.3, 0.4) is 0 Å². The molecule has 0 bridgehead atoms. The summed E-state index contributed by atoms with van der Waals surface area (Å²) in [5, 5.41) is 0. The molecule has 1 heterocycles. The maximum absolute atomic E-state index is 11.7. The van der Waals surface area contributed by atoms with Gasteiger partial charge in [-0.3, -0.25) is 4.79 Å². The molecule has 0 radical (unpaired) electrons. The highest BCUT2D eigenvalue weighted by atomic mass is 16.6. The molecule has 0 aromatic carbocycles. The molecule has 1 saturated heterocycles. The Kier molecular flexibility index (Phi) is 1.34. The molecular formula is C10H12O2. The number of ether oxygens (including phenoxy) is 1. The minimum atomic E-state index is -0.538. The Labute approximate surface area is 71.9 Å². The van der Waals surface area contributed by atoms with Gasteiger partial charge in [0.05, 0.1) is 6.61 Å². The summed E-state index contributed by atoms with van der Waals surface area (Å²) in [6.07, 6.45) is 2.05. The smallest absolute Gasteiger partial charge is 0.197 e. The second-order valence-corrected chi connectivity index (χ2v) is 3.58. The van der Waals surface area contributed by atoms with Gasteiger partial charge in [-0.25, -0.2) is 0 Å². The number of hydrogen-bond acceptors (Lipinski definition) is 2. The van der Waals surface area contributed by atoms with Crippen LogP contribution in [0.25, 0.3) is 0 Å². The van der Waals surface area contributed by atoms with E-state index in [9.17, 15) is 4.79 Å². The van der Waals surface area contributed by atoms with E-state index >= 15 is 0 Å². The molecule has 0 saturated carbocycles. The third-order valence-electron chi connectivity index (χ3n) is 2.80. The van der Waals surface area contributed by atoms with Crippen LogP contribution < -0.4 is 0 Å². The van der Waals surface area contributed by atoms with Gasteiger partial charge in [0.25, 0.3) is 0 Å². The van der Waals surface area contributed by atoms with E-state index in [1.54, 1.807) is 0 Å². The van der Waals surface area contributed by atoms with Gasteiger partial charge in [0.15, 0.2) is 11.4 Å². The molecule has 1 aliphatic carbocycles. The fourth-order valence-corrected chi connectivity index (χ4v) is 1.64. The van der Waals surface area contributed by atoms with Crippen molar-refractivity contribution in [3.05, 3.63) is 22.8 Å². The molecule has 1 aliphatic heterocycles. The highest BCUT2D eigenvalue weighted by molar-refractivity contribution is 6.07. The molecule has 2 heteroatoms. The summed E-state index contributed by atoms with van der Waals surface area (Å²) < 4.78 is 5.23. The zero-order chi connectivity index (χ0) is 8.93. The Balaban J connectivity index is 2.51. The summed E-state index contributed by atoms with van der Waals surface area (Å²) in [4.78, 5) is 11.7. The van der Waals surface area contributed by atoms with E-state index in [2.05, 4.69) is 0 Å². The second-order valence-electron chi connectivity index (χ2n) is 3.58. The standard InChI is InChI=1S/C10H12O2/c1-6-4-7(2)10(5-12-10)9(11)8(6)3/h4H,5H2,1-3H3. The lowest BCUT2D eigenvalue weighted by molar-refractivity contribution is -0.119. The van der Waals surface area contributed by atoms with Crippen LogP contribution in [-0.4, -0.2) is 18.0 Å². The van der Waals surface area contributed by atoms with Crippen LogP contribution in [0.5, 0.6) is 0 Å². The van der Waals surface area contributed by atoms with Crippen molar-refractivity contribution in [1.82, 2.24) is 0 Å². The highest BCUT2D eigenvalue weighted by Gasteiger charge is 2.55. The molecule has 0 aromatic heterocycles. The minimum Gasteiger partial charge on any atom is -0.356 e. The molecule has 0 amide bonds. The molecular weight excluding hydrogens is 152 g/mol. The van der Waals surface area contributed by atoms with Crippen LogP contribution in [0.2, 0.25) is 0 Å². The van der Waals surface area contributed by atoms with Crippen molar-refractivity contribution in [3.8, 4) is 0 Å². The highest BCUT2D eigenvalue weighted by Crippen LogP contribution is 2.41. The zero-order valence-electron chi connectivity index (χ0n) is 7.60. The van der Waals surface area contributed by atoms with Crippen LogP contribution in [0.15, 0.2) is 22.8 Å². The molecule has 2 rings (SSSR count). The molecule has 0 aromatic rings. The predicted octanol–water partition coefficient (Wildman–Crippen LogP) is 1.62. The van der Waals surface area contributed by atoms with Crippen molar-refractivity contribution in [2.75, 3.05) is 6.61 Å². The molecule has 1 atom stereocenters. The van der Waals surface area contributed by atoms with Gasteiger partial charge in [0, 0.05) is 0 Å². The van der Waals surface area contributed by atoms with E-state index in [0.717, 1.165) is 16.7 Å².